The highest BCUT2D eigenvalue weighted by Gasteiger charge is 2.22. The Balaban J connectivity index is 2.55. The van der Waals surface area contributed by atoms with Crippen molar-refractivity contribution in [2.24, 2.45) is 5.73 Å². The molecule has 0 radical (unpaired) electrons. The summed E-state index contributed by atoms with van der Waals surface area (Å²) in [5, 5.41) is 14.0. The predicted octanol–water partition coefficient (Wildman–Crippen LogP) is 0.233. The Bertz CT molecular complexity index is 557. The van der Waals surface area contributed by atoms with Crippen molar-refractivity contribution in [3.8, 4) is 0 Å². The lowest BCUT2D eigenvalue weighted by molar-refractivity contribution is -0.119. The van der Waals surface area contributed by atoms with Crippen LogP contribution in [0.15, 0.2) is 18.3 Å². The maximum atomic E-state index is 11.7. The van der Waals surface area contributed by atoms with Gasteiger partial charge in [0.05, 0.1) is 17.8 Å². The van der Waals surface area contributed by atoms with Gasteiger partial charge in [0.2, 0.25) is 5.91 Å². The third-order valence-electron chi connectivity index (χ3n) is 2.56. The van der Waals surface area contributed by atoms with Crippen molar-refractivity contribution in [1.29, 1.82) is 0 Å². The number of hydrogen-bond acceptors (Lipinski definition) is 4. The molecule has 5 N–H and O–H groups in total. The highest BCUT2D eigenvalue weighted by Crippen LogP contribution is 2.07. The summed E-state index contributed by atoms with van der Waals surface area (Å²) in [5.74, 6) is -1.58. The monoisotopic (exact) mass is 294 g/mol. The summed E-state index contributed by atoms with van der Waals surface area (Å²) in [6, 6.07) is 2.24. The summed E-state index contributed by atoms with van der Waals surface area (Å²) in [5.41, 5.74) is 4.82. The topological polar surface area (TPSA) is 134 Å². The molecule has 114 valence electrons. The Kier molecular flexibility index (Phi) is 5.23. The van der Waals surface area contributed by atoms with Gasteiger partial charge in [-0.3, -0.25) is 9.78 Å². The van der Waals surface area contributed by atoms with Crippen molar-refractivity contribution in [3.05, 3.63) is 29.6 Å². The molecule has 21 heavy (non-hydrogen) atoms. The van der Waals surface area contributed by atoms with Crippen LogP contribution < -0.4 is 16.4 Å². The normalized spacial score (nSPS) is 10.8. The minimum absolute atomic E-state index is 0.00711. The molecule has 0 saturated carbocycles. The number of nitrogens with one attached hydrogen (secondary N) is 2. The van der Waals surface area contributed by atoms with E-state index in [-0.39, 0.29) is 18.5 Å². The molecule has 0 aliphatic heterocycles. The maximum Gasteiger partial charge on any atom is 0.335 e. The quantitative estimate of drug-likeness (QED) is 0.596. The smallest absolute Gasteiger partial charge is 0.335 e. The van der Waals surface area contributed by atoms with Gasteiger partial charge in [0.1, 0.15) is 0 Å². The number of rotatable bonds is 6. The number of pyridine rings is 1. The molecule has 0 fully saturated rings. The first-order chi connectivity index (χ1) is 9.69. The second kappa shape index (κ2) is 6.69. The second-order valence-corrected chi connectivity index (χ2v) is 5.18. The number of urea groups is 1. The van der Waals surface area contributed by atoms with E-state index < -0.39 is 23.4 Å². The summed E-state index contributed by atoms with van der Waals surface area (Å²) in [7, 11) is 0. The molecule has 8 nitrogen and oxygen atoms in total. The van der Waals surface area contributed by atoms with Crippen molar-refractivity contribution >= 4 is 17.9 Å². The summed E-state index contributed by atoms with van der Waals surface area (Å²) < 4.78 is 0. The number of carboxylic acids is 1. The number of aromatic nitrogens is 1. The van der Waals surface area contributed by atoms with Crippen LogP contribution >= 0.6 is 0 Å². The van der Waals surface area contributed by atoms with Gasteiger partial charge in [0.15, 0.2) is 0 Å². The van der Waals surface area contributed by atoms with Crippen LogP contribution in [0.3, 0.4) is 0 Å². The molecule has 0 bridgehead atoms. The third-order valence-corrected chi connectivity index (χ3v) is 2.56. The second-order valence-electron chi connectivity index (χ2n) is 5.18. The first-order valence-electron chi connectivity index (χ1n) is 6.22. The fraction of sp³-hybridized carbons (Fsp3) is 0.385. The average Bonchev–Trinajstić information content (AvgIpc) is 2.34. The number of aromatic carboxylic acids is 1. The predicted molar refractivity (Wildman–Crippen MR) is 74.5 cm³/mol. The molecule has 1 heterocycles. The van der Waals surface area contributed by atoms with E-state index in [1.165, 1.54) is 18.3 Å². The molecule has 0 aliphatic carbocycles. The SMILES string of the molecule is CC(C)(CC(N)=O)NC(=O)NCc1cc(C(=O)O)ccn1. The van der Waals surface area contributed by atoms with Crippen LogP contribution in [0.5, 0.6) is 0 Å². The van der Waals surface area contributed by atoms with Crippen molar-refractivity contribution in [3.63, 3.8) is 0 Å². The fourth-order valence-corrected chi connectivity index (χ4v) is 1.71. The van der Waals surface area contributed by atoms with Crippen molar-refractivity contribution in [2.75, 3.05) is 0 Å². The Hall–Kier alpha value is -2.64. The van der Waals surface area contributed by atoms with Gasteiger partial charge < -0.3 is 21.5 Å². The molecule has 1 rings (SSSR count). The fourth-order valence-electron chi connectivity index (χ4n) is 1.71. The molecule has 0 unspecified atom stereocenters. The van der Waals surface area contributed by atoms with E-state index in [0.717, 1.165) is 0 Å². The average molecular weight is 294 g/mol. The minimum atomic E-state index is -1.06. The lowest BCUT2D eigenvalue weighted by Crippen LogP contribution is -2.50. The van der Waals surface area contributed by atoms with Crippen molar-refractivity contribution < 1.29 is 19.5 Å². The standard InChI is InChI=1S/C13H18N4O4/c1-13(2,6-10(14)18)17-12(21)16-7-9-5-8(11(19)20)3-4-15-9/h3-5H,6-7H2,1-2H3,(H2,14,18)(H,19,20)(H2,16,17,21). The molecule has 0 aromatic carbocycles. The minimum Gasteiger partial charge on any atom is -0.478 e. The Morgan fingerprint density at radius 3 is 2.62 bits per heavy atom. The van der Waals surface area contributed by atoms with E-state index in [4.69, 9.17) is 10.8 Å². The Morgan fingerprint density at radius 2 is 2.05 bits per heavy atom. The van der Waals surface area contributed by atoms with Crippen molar-refractivity contribution in [2.45, 2.75) is 32.4 Å². The lowest BCUT2D eigenvalue weighted by Gasteiger charge is -2.24. The number of carbonyl (C=O) groups excluding carboxylic acids is 2. The number of primary amides is 1. The first kappa shape index (κ1) is 16.4. The summed E-state index contributed by atoms with van der Waals surface area (Å²) in [6.45, 7) is 3.40. The summed E-state index contributed by atoms with van der Waals surface area (Å²) in [4.78, 5) is 37.3. The largest absolute Gasteiger partial charge is 0.478 e. The zero-order chi connectivity index (χ0) is 16.0. The Labute approximate surface area is 121 Å². The van der Waals surface area contributed by atoms with Gasteiger partial charge >= 0.3 is 12.0 Å². The number of nitrogens with two attached hydrogens (primary N) is 1. The van der Waals surface area contributed by atoms with Gasteiger partial charge in [-0.05, 0) is 26.0 Å². The van der Waals surface area contributed by atoms with E-state index in [9.17, 15) is 14.4 Å². The first-order valence-corrected chi connectivity index (χ1v) is 6.22. The van der Waals surface area contributed by atoms with E-state index in [1.807, 2.05) is 0 Å². The molecule has 8 heteroatoms. The highest BCUT2D eigenvalue weighted by molar-refractivity contribution is 5.87. The summed E-state index contributed by atoms with van der Waals surface area (Å²) >= 11 is 0. The van der Waals surface area contributed by atoms with Crippen LogP contribution in [-0.2, 0) is 11.3 Å². The van der Waals surface area contributed by atoms with Gasteiger partial charge in [0, 0.05) is 18.2 Å². The number of carbonyl (C=O) groups is 3. The van der Waals surface area contributed by atoms with Crippen LogP contribution in [-0.4, -0.2) is 33.5 Å². The van der Waals surface area contributed by atoms with E-state index in [2.05, 4.69) is 15.6 Å². The summed E-state index contributed by atoms with van der Waals surface area (Å²) in [6.07, 6.45) is 1.36. The van der Waals surface area contributed by atoms with Gasteiger partial charge in [-0.25, -0.2) is 9.59 Å². The van der Waals surface area contributed by atoms with Crippen LogP contribution in [0.25, 0.3) is 0 Å². The van der Waals surface area contributed by atoms with Crippen LogP contribution in [0.2, 0.25) is 0 Å². The number of amides is 3. The molecule has 0 aliphatic rings. The van der Waals surface area contributed by atoms with E-state index >= 15 is 0 Å². The molecule has 3 amide bonds. The highest BCUT2D eigenvalue weighted by atomic mass is 16.4. The molecule has 0 atom stereocenters. The van der Waals surface area contributed by atoms with Crippen LogP contribution in [0, 0.1) is 0 Å². The maximum absolute atomic E-state index is 11.7. The molecule has 1 aromatic rings. The zero-order valence-electron chi connectivity index (χ0n) is 11.8. The number of hydrogen-bond donors (Lipinski definition) is 4. The third kappa shape index (κ3) is 5.89. The van der Waals surface area contributed by atoms with E-state index in [1.54, 1.807) is 13.8 Å². The van der Waals surface area contributed by atoms with E-state index in [0.29, 0.717) is 5.69 Å². The van der Waals surface area contributed by atoms with Gasteiger partial charge in [-0.2, -0.15) is 0 Å². The van der Waals surface area contributed by atoms with Gasteiger partial charge in [-0.15, -0.1) is 0 Å². The molecule has 1 aromatic heterocycles. The molecule has 0 saturated heterocycles. The molecule has 0 spiro atoms. The lowest BCUT2D eigenvalue weighted by atomic mass is 10.0. The van der Waals surface area contributed by atoms with Gasteiger partial charge in [0.25, 0.3) is 0 Å². The van der Waals surface area contributed by atoms with Crippen LogP contribution in [0.1, 0.15) is 36.3 Å². The number of nitrogens with zero attached hydrogens (tertiary/aromatic N) is 1. The Morgan fingerprint density at radius 1 is 1.38 bits per heavy atom. The molecular formula is C13H18N4O4. The zero-order valence-corrected chi connectivity index (χ0v) is 11.8. The van der Waals surface area contributed by atoms with Crippen LogP contribution in [0.4, 0.5) is 4.79 Å². The van der Waals surface area contributed by atoms with Gasteiger partial charge in [-0.1, -0.05) is 0 Å². The van der Waals surface area contributed by atoms with Crippen molar-refractivity contribution in [1.82, 2.24) is 15.6 Å². The molecular weight excluding hydrogens is 276 g/mol. The number of carboxylic acid groups (broad SMARTS) is 1.